The van der Waals surface area contributed by atoms with Crippen LogP contribution in [0.4, 0.5) is 0 Å². The number of likely N-dealkylation sites (tertiary alicyclic amines) is 1. The SMILES string of the molecule is Cc1c(Br)cccc1OCCCCCN1CCC(O)C1. The summed E-state index contributed by atoms with van der Waals surface area (Å²) >= 11 is 3.52. The molecule has 1 N–H and O–H groups in total. The molecule has 0 saturated carbocycles. The van der Waals surface area contributed by atoms with Gasteiger partial charge in [0, 0.05) is 23.1 Å². The lowest BCUT2D eigenvalue weighted by atomic mass is 10.2. The minimum atomic E-state index is -0.0992. The van der Waals surface area contributed by atoms with E-state index in [0.717, 1.165) is 49.3 Å². The first kappa shape index (κ1) is 15.8. The Balaban J connectivity index is 1.56. The van der Waals surface area contributed by atoms with Gasteiger partial charge >= 0.3 is 0 Å². The predicted molar refractivity (Wildman–Crippen MR) is 85.3 cm³/mol. The highest BCUT2D eigenvalue weighted by Crippen LogP contribution is 2.25. The van der Waals surface area contributed by atoms with Crippen LogP contribution in [0.1, 0.15) is 31.2 Å². The molecule has 0 radical (unpaired) electrons. The van der Waals surface area contributed by atoms with Crippen molar-refractivity contribution in [2.45, 2.75) is 38.7 Å². The van der Waals surface area contributed by atoms with Gasteiger partial charge in [-0.2, -0.15) is 0 Å². The average molecular weight is 342 g/mol. The summed E-state index contributed by atoms with van der Waals surface area (Å²) in [5, 5.41) is 9.45. The molecule has 3 nitrogen and oxygen atoms in total. The lowest BCUT2D eigenvalue weighted by Crippen LogP contribution is -2.23. The summed E-state index contributed by atoms with van der Waals surface area (Å²) in [5.74, 6) is 0.974. The molecule has 0 amide bonds. The van der Waals surface area contributed by atoms with Gasteiger partial charge in [0.1, 0.15) is 5.75 Å². The third-order valence-corrected chi connectivity index (χ3v) is 4.70. The number of unbranched alkanes of at least 4 members (excludes halogenated alkanes) is 2. The minimum absolute atomic E-state index is 0.0992. The molecule has 112 valence electrons. The average Bonchev–Trinajstić information content (AvgIpc) is 2.84. The van der Waals surface area contributed by atoms with E-state index in [4.69, 9.17) is 4.74 Å². The third kappa shape index (κ3) is 4.76. The van der Waals surface area contributed by atoms with E-state index in [1.54, 1.807) is 0 Å². The second-order valence-corrected chi connectivity index (χ2v) is 6.37. The van der Waals surface area contributed by atoms with Crippen LogP contribution in [0.3, 0.4) is 0 Å². The van der Waals surface area contributed by atoms with Crippen molar-refractivity contribution < 1.29 is 9.84 Å². The van der Waals surface area contributed by atoms with Gasteiger partial charge in [0.05, 0.1) is 12.7 Å². The summed E-state index contributed by atoms with van der Waals surface area (Å²) in [4.78, 5) is 2.35. The van der Waals surface area contributed by atoms with Crippen LogP contribution in [0.15, 0.2) is 22.7 Å². The molecule has 1 atom stereocenters. The highest BCUT2D eigenvalue weighted by molar-refractivity contribution is 9.10. The van der Waals surface area contributed by atoms with Crippen LogP contribution < -0.4 is 4.74 Å². The number of β-amino-alcohol motifs (C(OH)–C–C–N with tert-alkyl or cyclic N) is 1. The molecule has 2 rings (SSSR count). The first-order valence-corrected chi connectivity index (χ1v) is 8.24. The fourth-order valence-electron chi connectivity index (χ4n) is 2.56. The molecular weight excluding hydrogens is 318 g/mol. The molecule has 0 aromatic heterocycles. The Hall–Kier alpha value is -0.580. The van der Waals surface area contributed by atoms with Crippen molar-refractivity contribution in [3.05, 3.63) is 28.2 Å². The molecule has 1 heterocycles. The number of rotatable bonds is 7. The number of nitrogens with zero attached hydrogens (tertiary/aromatic N) is 1. The molecule has 0 aliphatic carbocycles. The molecular formula is C16H24BrNO2. The van der Waals surface area contributed by atoms with Gasteiger partial charge in [0.15, 0.2) is 0 Å². The maximum Gasteiger partial charge on any atom is 0.123 e. The smallest absolute Gasteiger partial charge is 0.123 e. The zero-order valence-corrected chi connectivity index (χ0v) is 13.7. The molecule has 1 aliphatic heterocycles. The molecule has 20 heavy (non-hydrogen) atoms. The first-order chi connectivity index (χ1) is 9.66. The summed E-state index contributed by atoms with van der Waals surface area (Å²) in [6.07, 6.45) is 4.29. The van der Waals surface area contributed by atoms with Gasteiger partial charge in [-0.05, 0) is 51.3 Å². The van der Waals surface area contributed by atoms with Crippen molar-refractivity contribution in [3.8, 4) is 5.75 Å². The second-order valence-electron chi connectivity index (χ2n) is 5.52. The molecule has 0 bridgehead atoms. The van der Waals surface area contributed by atoms with Crippen molar-refractivity contribution in [1.82, 2.24) is 4.90 Å². The van der Waals surface area contributed by atoms with Crippen molar-refractivity contribution in [3.63, 3.8) is 0 Å². The number of hydrogen-bond acceptors (Lipinski definition) is 3. The van der Waals surface area contributed by atoms with E-state index in [1.807, 2.05) is 18.2 Å². The first-order valence-electron chi connectivity index (χ1n) is 7.45. The van der Waals surface area contributed by atoms with E-state index in [1.165, 1.54) is 18.4 Å². The van der Waals surface area contributed by atoms with Crippen LogP contribution >= 0.6 is 15.9 Å². The fraction of sp³-hybridized carbons (Fsp3) is 0.625. The maximum absolute atomic E-state index is 9.45. The van der Waals surface area contributed by atoms with Crippen LogP contribution in [0, 0.1) is 6.92 Å². The van der Waals surface area contributed by atoms with Crippen molar-refractivity contribution in [2.75, 3.05) is 26.2 Å². The quantitative estimate of drug-likeness (QED) is 0.771. The zero-order valence-electron chi connectivity index (χ0n) is 12.1. The van der Waals surface area contributed by atoms with Gasteiger partial charge in [-0.1, -0.05) is 22.0 Å². The maximum atomic E-state index is 9.45. The predicted octanol–water partition coefficient (Wildman–Crippen LogP) is 3.37. The molecule has 0 spiro atoms. The number of aliphatic hydroxyl groups is 1. The number of halogens is 1. The molecule has 1 unspecified atom stereocenters. The second kappa shape index (κ2) is 8.01. The molecule has 1 aliphatic rings. The molecule has 1 aromatic rings. The Bertz CT molecular complexity index is 425. The third-order valence-electron chi connectivity index (χ3n) is 3.84. The Morgan fingerprint density at radius 2 is 2.20 bits per heavy atom. The highest BCUT2D eigenvalue weighted by Gasteiger charge is 2.18. The van der Waals surface area contributed by atoms with Crippen molar-refractivity contribution in [1.29, 1.82) is 0 Å². The monoisotopic (exact) mass is 341 g/mol. The minimum Gasteiger partial charge on any atom is -0.493 e. The van der Waals surface area contributed by atoms with Gasteiger partial charge < -0.3 is 14.7 Å². The molecule has 1 fully saturated rings. The largest absolute Gasteiger partial charge is 0.493 e. The Morgan fingerprint density at radius 1 is 1.35 bits per heavy atom. The van der Waals surface area contributed by atoms with Crippen LogP contribution in [0.2, 0.25) is 0 Å². The number of ether oxygens (including phenoxy) is 1. The number of benzene rings is 1. The lowest BCUT2D eigenvalue weighted by Gasteiger charge is -2.14. The fourth-order valence-corrected chi connectivity index (χ4v) is 2.90. The summed E-state index contributed by atoms with van der Waals surface area (Å²) in [6, 6.07) is 6.06. The van der Waals surface area contributed by atoms with E-state index in [2.05, 4.69) is 27.8 Å². The van der Waals surface area contributed by atoms with E-state index in [0.29, 0.717) is 0 Å². The van der Waals surface area contributed by atoms with E-state index < -0.39 is 0 Å². The lowest BCUT2D eigenvalue weighted by molar-refractivity contribution is 0.175. The Labute approximate surface area is 130 Å². The zero-order chi connectivity index (χ0) is 14.4. The highest BCUT2D eigenvalue weighted by atomic mass is 79.9. The number of aliphatic hydroxyl groups excluding tert-OH is 1. The molecule has 1 aromatic carbocycles. The Morgan fingerprint density at radius 3 is 2.95 bits per heavy atom. The van der Waals surface area contributed by atoms with Crippen LogP contribution in [0.25, 0.3) is 0 Å². The Kier molecular flexibility index (Phi) is 6.33. The van der Waals surface area contributed by atoms with Crippen LogP contribution in [-0.2, 0) is 0 Å². The summed E-state index contributed by atoms with van der Waals surface area (Å²) in [6.45, 7) is 5.85. The van der Waals surface area contributed by atoms with E-state index in [9.17, 15) is 5.11 Å². The standard InChI is InChI=1S/C16H24BrNO2/c1-13-15(17)6-5-7-16(13)20-11-4-2-3-9-18-10-8-14(19)12-18/h5-7,14,19H,2-4,8-12H2,1H3. The van der Waals surface area contributed by atoms with Gasteiger partial charge in [0.25, 0.3) is 0 Å². The topological polar surface area (TPSA) is 32.7 Å². The van der Waals surface area contributed by atoms with E-state index in [-0.39, 0.29) is 6.10 Å². The number of hydrogen-bond donors (Lipinski definition) is 1. The van der Waals surface area contributed by atoms with Crippen LogP contribution in [0.5, 0.6) is 5.75 Å². The van der Waals surface area contributed by atoms with Gasteiger partial charge in [-0.15, -0.1) is 0 Å². The molecule has 4 heteroatoms. The van der Waals surface area contributed by atoms with Gasteiger partial charge in [-0.25, -0.2) is 0 Å². The molecule has 1 saturated heterocycles. The van der Waals surface area contributed by atoms with Crippen molar-refractivity contribution >= 4 is 15.9 Å². The van der Waals surface area contributed by atoms with Gasteiger partial charge in [0.2, 0.25) is 0 Å². The summed E-state index contributed by atoms with van der Waals surface area (Å²) in [5.41, 5.74) is 1.17. The van der Waals surface area contributed by atoms with E-state index >= 15 is 0 Å². The summed E-state index contributed by atoms with van der Waals surface area (Å²) in [7, 11) is 0. The normalized spacial score (nSPS) is 19.4. The van der Waals surface area contributed by atoms with Gasteiger partial charge in [-0.3, -0.25) is 0 Å². The summed E-state index contributed by atoms with van der Waals surface area (Å²) < 4.78 is 6.92. The van der Waals surface area contributed by atoms with Crippen LogP contribution in [-0.4, -0.2) is 42.4 Å². The van der Waals surface area contributed by atoms with Crippen molar-refractivity contribution in [2.24, 2.45) is 0 Å².